The summed E-state index contributed by atoms with van der Waals surface area (Å²) in [5.74, 6) is -0.214. The Bertz CT molecular complexity index is 1370. The van der Waals surface area contributed by atoms with Crippen molar-refractivity contribution in [3.05, 3.63) is 90.9 Å². The first kappa shape index (κ1) is 18.8. The molecule has 0 aliphatic rings. The summed E-state index contributed by atoms with van der Waals surface area (Å²) in [7, 11) is 0. The number of benzene rings is 2. The molecule has 5 rings (SSSR count). The number of carbonyl (C=O) groups is 1. The monoisotopic (exact) mass is 426 g/mol. The Kier molecular flexibility index (Phi) is 4.81. The Labute approximate surface area is 182 Å². The molecular weight excluding hydrogens is 408 g/mol. The number of anilines is 4. The molecule has 0 radical (unpaired) electrons. The van der Waals surface area contributed by atoms with Gasteiger partial charge in [-0.1, -0.05) is 29.5 Å². The molecule has 0 saturated carbocycles. The highest BCUT2D eigenvalue weighted by molar-refractivity contribution is 7.18. The number of carbonyl (C=O) groups excluding carboxylic acids is 1. The Balaban J connectivity index is 1.29. The van der Waals surface area contributed by atoms with Gasteiger partial charge >= 0.3 is 0 Å². The van der Waals surface area contributed by atoms with Gasteiger partial charge in [-0.2, -0.15) is 0 Å². The summed E-state index contributed by atoms with van der Waals surface area (Å²) >= 11 is 1.54. The third kappa shape index (κ3) is 3.84. The summed E-state index contributed by atoms with van der Waals surface area (Å²) in [4.78, 5) is 22.4. The number of nitrogens with zero attached hydrogens (tertiary/aromatic N) is 3. The highest BCUT2D eigenvalue weighted by atomic mass is 32.1. The van der Waals surface area contributed by atoms with Crippen LogP contribution < -0.4 is 16.4 Å². The molecule has 3 aromatic heterocycles. The van der Waals surface area contributed by atoms with Crippen LogP contribution in [0.2, 0.25) is 0 Å². The molecule has 0 fully saturated rings. The van der Waals surface area contributed by atoms with Crippen LogP contribution in [0.15, 0.2) is 85.3 Å². The number of amides is 1. The van der Waals surface area contributed by atoms with E-state index in [-0.39, 0.29) is 5.91 Å². The summed E-state index contributed by atoms with van der Waals surface area (Å²) in [6.07, 6.45) is 5.66. The first-order valence-electron chi connectivity index (χ1n) is 9.58. The zero-order chi connectivity index (χ0) is 21.2. The quantitative estimate of drug-likeness (QED) is 0.342. The molecule has 0 aliphatic carbocycles. The highest BCUT2D eigenvalue weighted by Gasteiger charge is 2.11. The molecule has 0 spiro atoms. The lowest BCUT2D eigenvalue weighted by molar-refractivity contribution is 0.102. The number of nitrogens with two attached hydrogens (primary N) is 1. The molecule has 0 aliphatic heterocycles. The van der Waals surface area contributed by atoms with Crippen LogP contribution in [0.25, 0.3) is 16.2 Å². The molecule has 4 N–H and O–H groups in total. The Morgan fingerprint density at radius 1 is 0.935 bits per heavy atom. The van der Waals surface area contributed by atoms with E-state index in [1.165, 1.54) is 11.3 Å². The number of imidazole rings is 1. The van der Waals surface area contributed by atoms with Gasteiger partial charge in [-0.25, -0.2) is 9.97 Å². The molecular formula is C23H18N6OS. The van der Waals surface area contributed by atoms with Crippen molar-refractivity contribution < 1.29 is 4.79 Å². The fraction of sp³-hybridized carbons (Fsp3) is 0. The van der Waals surface area contributed by atoms with Crippen molar-refractivity contribution in [2.45, 2.75) is 0 Å². The predicted octanol–water partition coefficient (Wildman–Crippen LogP) is 5.04. The number of nitrogens with one attached hydrogen (secondary N) is 2. The standard InChI is InChI=1S/C23H18N6OS/c24-17-5-1-2-6-18(17)28-22(30)15-8-10-16(11-9-15)27-23-26-14-20(31-23)19-13-25-21-7-3-4-12-29(19)21/h1-14H,24H2,(H,26,27)(H,28,30). The van der Waals surface area contributed by atoms with Crippen molar-refractivity contribution >= 4 is 45.1 Å². The third-order valence-corrected chi connectivity index (χ3v) is 5.72. The first-order valence-corrected chi connectivity index (χ1v) is 10.4. The molecule has 2 aromatic carbocycles. The summed E-state index contributed by atoms with van der Waals surface area (Å²) in [5.41, 5.74) is 10.3. The molecule has 152 valence electrons. The average Bonchev–Trinajstić information content (AvgIpc) is 3.42. The number of para-hydroxylation sites is 2. The maximum atomic E-state index is 12.5. The van der Waals surface area contributed by atoms with Gasteiger partial charge in [0.15, 0.2) is 5.13 Å². The number of thiazole rings is 1. The molecule has 5 aromatic rings. The second-order valence-electron chi connectivity index (χ2n) is 6.85. The highest BCUT2D eigenvalue weighted by Crippen LogP contribution is 2.31. The fourth-order valence-corrected chi connectivity index (χ4v) is 4.04. The van der Waals surface area contributed by atoms with Crippen LogP contribution in [0.3, 0.4) is 0 Å². The van der Waals surface area contributed by atoms with Crippen molar-refractivity contribution in [1.82, 2.24) is 14.4 Å². The number of fused-ring (bicyclic) bond motifs is 1. The number of hydrogen-bond donors (Lipinski definition) is 3. The minimum atomic E-state index is -0.214. The smallest absolute Gasteiger partial charge is 0.255 e. The van der Waals surface area contributed by atoms with E-state index in [2.05, 4.69) is 20.6 Å². The molecule has 7 nitrogen and oxygen atoms in total. The van der Waals surface area contributed by atoms with Gasteiger partial charge < -0.3 is 16.4 Å². The van der Waals surface area contributed by atoms with Crippen molar-refractivity contribution in [1.29, 1.82) is 0 Å². The van der Waals surface area contributed by atoms with E-state index < -0.39 is 0 Å². The largest absolute Gasteiger partial charge is 0.397 e. The van der Waals surface area contributed by atoms with Crippen LogP contribution in [0.1, 0.15) is 10.4 Å². The second-order valence-corrected chi connectivity index (χ2v) is 7.88. The SMILES string of the molecule is Nc1ccccc1NC(=O)c1ccc(Nc2ncc(-c3cnc4ccccn34)s2)cc1. The number of rotatable bonds is 5. The molecule has 0 unspecified atom stereocenters. The lowest BCUT2D eigenvalue weighted by Crippen LogP contribution is -2.13. The maximum Gasteiger partial charge on any atom is 0.255 e. The van der Waals surface area contributed by atoms with E-state index >= 15 is 0 Å². The summed E-state index contributed by atoms with van der Waals surface area (Å²) in [5, 5.41) is 6.87. The predicted molar refractivity (Wildman–Crippen MR) is 125 cm³/mol. The van der Waals surface area contributed by atoms with Crippen LogP contribution in [0, 0.1) is 0 Å². The Morgan fingerprint density at radius 2 is 1.74 bits per heavy atom. The second kappa shape index (κ2) is 7.92. The lowest BCUT2D eigenvalue weighted by Gasteiger charge is -2.08. The Morgan fingerprint density at radius 3 is 2.58 bits per heavy atom. The van der Waals surface area contributed by atoms with Gasteiger partial charge in [0.1, 0.15) is 5.65 Å². The van der Waals surface area contributed by atoms with E-state index in [4.69, 9.17) is 5.73 Å². The van der Waals surface area contributed by atoms with Crippen LogP contribution in [0.4, 0.5) is 22.2 Å². The van der Waals surface area contributed by atoms with Crippen LogP contribution in [-0.4, -0.2) is 20.3 Å². The molecule has 0 atom stereocenters. The van der Waals surface area contributed by atoms with Crippen molar-refractivity contribution in [3.8, 4) is 10.6 Å². The van der Waals surface area contributed by atoms with Gasteiger partial charge in [-0.15, -0.1) is 0 Å². The zero-order valence-electron chi connectivity index (χ0n) is 16.3. The minimum absolute atomic E-state index is 0.214. The summed E-state index contributed by atoms with van der Waals surface area (Å²) in [6.45, 7) is 0. The molecule has 3 heterocycles. The number of hydrogen-bond acceptors (Lipinski definition) is 6. The van der Waals surface area contributed by atoms with E-state index in [0.717, 1.165) is 27.0 Å². The van der Waals surface area contributed by atoms with Crippen LogP contribution in [-0.2, 0) is 0 Å². The third-order valence-electron chi connectivity index (χ3n) is 4.78. The molecule has 8 heteroatoms. The van der Waals surface area contributed by atoms with Crippen LogP contribution in [0.5, 0.6) is 0 Å². The van der Waals surface area contributed by atoms with Crippen molar-refractivity contribution in [2.24, 2.45) is 0 Å². The van der Waals surface area contributed by atoms with Gasteiger partial charge in [0, 0.05) is 23.6 Å². The lowest BCUT2D eigenvalue weighted by atomic mass is 10.2. The number of aromatic nitrogens is 3. The van der Waals surface area contributed by atoms with Gasteiger partial charge in [-0.3, -0.25) is 9.20 Å². The molecule has 1 amide bonds. The fourth-order valence-electron chi connectivity index (χ4n) is 3.20. The van der Waals surface area contributed by atoms with Gasteiger partial charge in [0.25, 0.3) is 5.91 Å². The molecule has 31 heavy (non-hydrogen) atoms. The zero-order valence-corrected chi connectivity index (χ0v) is 17.1. The maximum absolute atomic E-state index is 12.5. The van der Waals surface area contributed by atoms with E-state index in [9.17, 15) is 4.79 Å². The average molecular weight is 427 g/mol. The topological polar surface area (TPSA) is 97.3 Å². The summed E-state index contributed by atoms with van der Waals surface area (Å²) in [6, 6.07) is 20.3. The van der Waals surface area contributed by atoms with Gasteiger partial charge in [0.05, 0.1) is 28.1 Å². The Hall–Kier alpha value is -4.17. The number of nitrogen functional groups attached to an aromatic ring is 1. The van der Waals surface area contributed by atoms with E-state index in [1.807, 2.05) is 65.5 Å². The first-order chi connectivity index (χ1) is 15.2. The van der Waals surface area contributed by atoms with Gasteiger partial charge in [-0.05, 0) is 48.5 Å². The van der Waals surface area contributed by atoms with E-state index in [0.29, 0.717) is 16.9 Å². The minimum Gasteiger partial charge on any atom is -0.397 e. The normalized spacial score (nSPS) is 10.8. The van der Waals surface area contributed by atoms with Crippen molar-refractivity contribution in [2.75, 3.05) is 16.4 Å². The summed E-state index contributed by atoms with van der Waals surface area (Å²) < 4.78 is 2.03. The number of pyridine rings is 1. The van der Waals surface area contributed by atoms with Crippen molar-refractivity contribution in [3.63, 3.8) is 0 Å². The van der Waals surface area contributed by atoms with Crippen LogP contribution >= 0.6 is 11.3 Å². The molecule has 0 saturated heterocycles. The van der Waals surface area contributed by atoms with E-state index in [1.54, 1.807) is 24.3 Å². The molecule has 0 bridgehead atoms. The van der Waals surface area contributed by atoms with Gasteiger partial charge in [0.2, 0.25) is 0 Å².